The van der Waals surface area contributed by atoms with Crippen molar-refractivity contribution < 1.29 is 18.9 Å². The predicted octanol–water partition coefficient (Wildman–Crippen LogP) is 6.57. The van der Waals surface area contributed by atoms with Crippen molar-refractivity contribution >= 4 is 10.9 Å². The van der Waals surface area contributed by atoms with Crippen molar-refractivity contribution in [2.75, 3.05) is 6.61 Å². The normalized spacial score (nSPS) is 12.5. The van der Waals surface area contributed by atoms with Gasteiger partial charge in [-0.05, 0) is 75.2 Å². The highest BCUT2D eigenvalue weighted by Gasteiger charge is 2.33. The van der Waals surface area contributed by atoms with Gasteiger partial charge in [0.25, 0.3) is 6.04 Å². The zero-order valence-electron chi connectivity index (χ0n) is 20.5. The number of nitrogens with zero attached hydrogens (tertiary/aromatic N) is 2. The lowest BCUT2D eigenvalue weighted by atomic mass is 10.0. The van der Waals surface area contributed by atoms with E-state index in [1.807, 2.05) is 64.1 Å². The topological polar surface area (TPSA) is 67.2 Å². The molecule has 1 atom stereocenters. The number of hydrogen-bond donors (Lipinski definition) is 1. The van der Waals surface area contributed by atoms with Crippen LogP contribution < -0.4 is 4.74 Å². The van der Waals surface area contributed by atoms with E-state index in [0.717, 1.165) is 39.0 Å². The van der Waals surface area contributed by atoms with Crippen LogP contribution in [0.25, 0.3) is 22.0 Å². The van der Waals surface area contributed by atoms with Crippen LogP contribution >= 0.6 is 0 Å². The van der Waals surface area contributed by atoms with Gasteiger partial charge in [-0.25, -0.2) is 9.23 Å². The van der Waals surface area contributed by atoms with Gasteiger partial charge in [-0.1, -0.05) is 18.2 Å². The molecule has 4 rings (SSSR count). The molecule has 4 aromatic rings. The number of ether oxygens (including phenoxy) is 1. The number of H-pyrrole nitrogens is 1. The Balaban J connectivity index is 1.51. The summed E-state index contributed by atoms with van der Waals surface area (Å²) in [7, 11) is 0. The summed E-state index contributed by atoms with van der Waals surface area (Å²) >= 11 is 0. The molecule has 0 aliphatic rings. The number of nitrogens with one attached hydrogen (secondary N) is 1. The van der Waals surface area contributed by atoms with Gasteiger partial charge in [0.2, 0.25) is 4.92 Å². The number of fused-ring (bicyclic) bond motifs is 1. The lowest BCUT2D eigenvalue weighted by Gasteiger charge is -2.16. The van der Waals surface area contributed by atoms with Crippen LogP contribution in [0.5, 0.6) is 5.75 Å². The van der Waals surface area contributed by atoms with Gasteiger partial charge in [0.05, 0.1) is 17.9 Å². The number of aromatic amines is 1. The van der Waals surface area contributed by atoms with Crippen molar-refractivity contribution in [3.05, 3.63) is 89.0 Å². The number of aryl methyl sites for hydroxylation is 1. The maximum Gasteiger partial charge on any atom is 0.264 e. The molecule has 0 radical (unpaired) electrons. The molecule has 2 heterocycles. The second kappa shape index (κ2) is 10.3. The van der Waals surface area contributed by atoms with Crippen LogP contribution in [0, 0.1) is 17.6 Å². The van der Waals surface area contributed by atoms with E-state index in [4.69, 9.17) is 9.57 Å². The highest BCUT2D eigenvalue weighted by Crippen LogP contribution is 2.27. The fourth-order valence-corrected chi connectivity index (χ4v) is 4.02. The maximum absolute atomic E-state index is 13.7. The summed E-state index contributed by atoms with van der Waals surface area (Å²) in [6.07, 6.45) is 4.28. The average molecular weight is 477 g/mol. The smallest absolute Gasteiger partial charge is 0.264 e. The highest BCUT2D eigenvalue weighted by atomic mass is 19.1. The van der Waals surface area contributed by atoms with Crippen molar-refractivity contribution in [3.63, 3.8) is 0 Å². The SMILES string of the molecule is Cc1cc2c(OCCC(Cc3cncc(-c4cccc(F)c4)c3)[N+](=O)OC(C)(C)C)cccc2[nH]1. The Bertz CT molecular complexity index is 1330. The predicted molar refractivity (Wildman–Crippen MR) is 135 cm³/mol. The molecule has 0 spiro atoms. The molecule has 0 aliphatic heterocycles. The molecule has 1 N–H and O–H groups in total. The molecule has 0 fully saturated rings. The first kappa shape index (κ1) is 24.4. The molecule has 2 aromatic heterocycles. The van der Waals surface area contributed by atoms with E-state index in [1.165, 1.54) is 12.1 Å². The van der Waals surface area contributed by atoms with E-state index in [-0.39, 0.29) is 5.82 Å². The fourth-order valence-electron chi connectivity index (χ4n) is 4.02. The van der Waals surface area contributed by atoms with Crippen LogP contribution in [0.4, 0.5) is 4.39 Å². The largest absolute Gasteiger partial charge is 0.493 e. The second-order valence-electron chi connectivity index (χ2n) is 9.75. The molecule has 2 aromatic carbocycles. The molecular weight excluding hydrogens is 445 g/mol. The Labute approximate surface area is 204 Å². The summed E-state index contributed by atoms with van der Waals surface area (Å²) in [5, 5.41) is 1.01. The van der Waals surface area contributed by atoms with Crippen molar-refractivity contribution in [2.24, 2.45) is 0 Å². The van der Waals surface area contributed by atoms with Crippen LogP contribution in [0.15, 0.2) is 67.0 Å². The number of benzene rings is 2. The lowest BCUT2D eigenvalue weighted by Crippen LogP contribution is -2.35. The Hall–Kier alpha value is -3.74. The Morgan fingerprint density at radius 3 is 2.63 bits per heavy atom. The average Bonchev–Trinajstić information content (AvgIpc) is 3.18. The minimum atomic E-state index is -0.628. The van der Waals surface area contributed by atoms with Crippen LogP contribution in [-0.4, -0.2) is 33.1 Å². The van der Waals surface area contributed by atoms with E-state index in [1.54, 1.807) is 18.5 Å². The van der Waals surface area contributed by atoms with Gasteiger partial charge in [0.15, 0.2) is 5.60 Å². The van der Waals surface area contributed by atoms with Gasteiger partial charge in [-0.15, -0.1) is 0 Å². The maximum atomic E-state index is 13.7. The van der Waals surface area contributed by atoms with E-state index < -0.39 is 11.6 Å². The molecule has 182 valence electrons. The molecule has 7 heteroatoms. The van der Waals surface area contributed by atoms with Gasteiger partial charge >= 0.3 is 0 Å². The van der Waals surface area contributed by atoms with Gasteiger partial charge < -0.3 is 9.72 Å². The van der Waals surface area contributed by atoms with Crippen molar-refractivity contribution in [2.45, 2.75) is 52.2 Å². The Kier molecular flexibility index (Phi) is 7.15. The minimum Gasteiger partial charge on any atom is -0.493 e. The van der Waals surface area contributed by atoms with Crippen molar-refractivity contribution in [1.82, 2.24) is 9.97 Å². The van der Waals surface area contributed by atoms with E-state index >= 15 is 0 Å². The fraction of sp³-hybridized carbons (Fsp3) is 0.321. The molecule has 0 amide bonds. The van der Waals surface area contributed by atoms with Gasteiger partial charge in [-0.2, -0.15) is 0 Å². The zero-order valence-corrected chi connectivity index (χ0v) is 20.5. The molecule has 0 aliphatic carbocycles. The highest BCUT2D eigenvalue weighted by molar-refractivity contribution is 5.86. The first-order chi connectivity index (χ1) is 16.7. The minimum absolute atomic E-state index is 0.306. The third-order valence-electron chi connectivity index (χ3n) is 5.55. The van der Waals surface area contributed by atoms with Crippen LogP contribution in [0.1, 0.15) is 38.4 Å². The summed E-state index contributed by atoms with van der Waals surface area (Å²) in [6, 6.07) is 15.7. The summed E-state index contributed by atoms with van der Waals surface area (Å²) in [5.41, 5.74) is 3.83. The summed E-state index contributed by atoms with van der Waals surface area (Å²) in [6.45, 7) is 7.87. The quantitative estimate of drug-likeness (QED) is 0.278. The molecule has 6 nitrogen and oxygen atoms in total. The molecular formula is C28H31FN3O3+. The molecule has 1 unspecified atom stereocenters. The molecule has 0 saturated carbocycles. The first-order valence-corrected chi connectivity index (χ1v) is 11.7. The van der Waals surface area contributed by atoms with Crippen LogP contribution in [0.2, 0.25) is 0 Å². The van der Waals surface area contributed by atoms with Gasteiger partial charge in [0, 0.05) is 41.0 Å². The lowest BCUT2D eigenvalue weighted by molar-refractivity contribution is -0.843. The molecule has 0 saturated heterocycles. The van der Waals surface area contributed by atoms with Crippen LogP contribution in [0.3, 0.4) is 0 Å². The number of rotatable bonds is 9. The second-order valence-corrected chi connectivity index (χ2v) is 9.75. The standard InChI is InChI=1S/C28H31FN3O3/c1-19-13-25-26(31-19)9-6-10-27(25)34-12-11-24(32(33)35-28(2,3)4)15-20-14-22(18-30-17-20)21-7-5-8-23(29)16-21/h5-10,13-14,16-18,24,31H,11-12,15H2,1-4H3/q+1. The number of halogens is 1. The van der Waals surface area contributed by atoms with E-state index in [2.05, 4.69) is 9.97 Å². The summed E-state index contributed by atoms with van der Waals surface area (Å²) in [4.78, 5) is 26.9. The van der Waals surface area contributed by atoms with E-state index in [0.29, 0.717) is 24.4 Å². The van der Waals surface area contributed by atoms with E-state index in [9.17, 15) is 9.30 Å². The third-order valence-corrected chi connectivity index (χ3v) is 5.55. The molecule has 35 heavy (non-hydrogen) atoms. The number of aromatic nitrogens is 2. The Morgan fingerprint density at radius 2 is 1.86 bits per heavy atom. The Morgan fingerprint density at radius 1 is 1.06 bits per heavy atom. The van der Waals surface area contributed by atoms with Gasteiger partial charge in [-0.3, -0.25) is 4.98 Å². The van der Waals surface area contributed by atoms with Crippen molar-refractivity contribution in [1.29, 1.82) is 0 Å². The number of hydrogen-bond acceptors (Lipinski definition) is 4. The molecule has 0 bridgehead atoms. The zero-order chi connectivity index (χ0) is 25.0. The van der Waals surface area contributed by atoms with Crippen molar-refractivity contribution in [3.8, 4) is 16.9 Å². The first-order valence-electron chi connectivity index (χ1n) is 11.7. The number of pyridine rings is 1. The summed E-state index contributed by atoms with van der Waals surface area (Å²) < 4.78 is 19.8. The summed E-state index contributed by atoms with van der Waals surface area (Å²) in [5.74, 6) is 0.467. The van der Waals surface area contributed by atoms with Crippen LogP contribution in [-0.2, 0) is 11.3 Å². The monoisotopic (exact) mass is 476 g/mol. The third kappa shape index (κ3) is 6.44. The van der Waals surface area contributed by atoms with Gasteiger partial charge in [0.1, 0.15) is 11.6 Å².